The molecule has 0 bridgehead atoms. The summed E-state index contributed by atoms with van der Waals surface area (Å²) in [6.45, 7) is 4.09. The second-order valence-electron chi connectivity index (χ2n) is 6.13. The Morgan fingerprint density at radius 2 is 1.71 bits per heavy atom. The van der Waals surface area contributed by atoms with Crippen LogP contribution in [0.4, 0.5) is 11.6 Å². The zero-order valence-corrected chi connectivity index (χ0v) is 13.6. The van der Waals surface area contributed by atoms with Gasteiger partial charge in [0.15, 0.2) is 11.6 Å². The summed E-state index contributed by atoms with van der Waals surface area (Å²) in [5.41, 5.74) is 2.08. The van der Waals surface area contributed by atoms with E-state index >= 15 is 0 Å². The third-order valence-electron chi connectivity index (χ3n) is 4.40. The molecule has 24 heavy (non-hydrogen) atoms. The van der Waals surface area contributed by atoms with Crippen molar-refractivity contribution in [3.63, 3.8) is 0 Å². The molecule has 0 aliphatic carbocycles. The second kappa shape index (κ2) is 6.43. The number of aromatic nitrogens is 4. The third-order valence-corrected chi connectivity index (χ3v) is 4.40. The van der Waals surface area contributed by atoms with Crippen molar-refractivity contribution in [2.45, 2.75) is 32.2 Å². The van der Waals surface area contributed by atoms with E-state index < -0.39 is 0 Å². The fourth-order valence-corrected chi connectivity index (χ4v) is 3.08. The smallest absolute Gasteiger partial charge is 0.245 e. The summed E-state index contributed by atoms with van der Waals surface area (Å²) in [5.74, 6) is 1.57. The molecule has 1 N–H and O–H groups in total. The van der Waals surface area contributed by atoms with Crippen LogP contribution in [-0.4, -0.2) is 33.4 Å². The number of hydrogen-bond donors (Lipinski definition) is 1. The van der Waals surface area contributed by atoms with Gasteiger partial charge >= 0.3 is 0 Å². The predicted octanol–water partition coefficient (Wildman–Crippen LogP) is 3.18. The average Bonchev–Trinajstić information content (AvgIpc) is 3.10. The molecule has 1 aromatic carbocycles. The number of nitrogens with one attached hydrogen (secondary N) is 1. The lowest BCUT2D eigenvalue weighted by Gasteiger charge is -2.29. The molecule has 124 valence electrons. The van der Waals surface area contributed by atoms with E-state index in [-0.39, 0.29) is 6.04 Å². The van der Waals surface area contributed by atoms with Gasteiger partial charge in [-0.25, -0.2) is 14.6 Å². The van der Waals surface area contributed by atoms with E-state index in [4.69, 9.17) is 4.63 Å². The van der Waals surface area contributed by atoms with Crippen LogP contribution in [0.2, 0.25) is 0 Å². The summed E-state index contributed by atoms with van der Waals surface area (Å²) in [4.78, 5) is 11.5. The number of hydrogen-bond acceptors (Lipinski definition) is 7. The standard InChI is InChI=1S/C17H20N6O/c1-12(13-8-4-2-5-9-13)18-16-17(23-10-6-3-7-11-23)20-15-14(19-16)21-24-22-15/h2,4-5,8-9,12H,3,6-7,10-11H2,1H3,(H,18,19,21). The topological polar surface area (TPSA) is 80.0 Å². The Kier molecular flexibility index (Phi) is 3.98. The van der Waals surface area contributed by atoms with Crippen molar-refractivity contribution in [1.29, 1.82) is 0 Å². The van der Waals surface area contributed by atoms with Crippen LogP contribution in [0, 0.1) is 0 Å². The minimum atomic E-state index is 0.112. The molecule has 1 saturated heterocycles. The van der Waals surface area contributed by atoms with E-state index in [2.05, 4.69) is 49.6 Å². The Morgan fingerprint density at radius 1 is 1.00 bits per heavy atom. The van der Waals surface area contributed by atoms with E-state index in [1.807, 2.05) is 18.2 Å². The SMILES string of the molecule is CC(Nc1nc2nonc2nc1N1CCCCC1)c1ccccc1. The maximum absolute atomic E-state index is 4.78. The summed E-state index contributed by atoms with van der Waals surface area (Å²) in [5, 5.41) is 11.1. The van der Waals surface area contributed by atoms with Crippen LogP contribution in [0.5, 0.6) is 0 Å². The first-order valence-electron chi connectivity index (χ1n) is 8.38. The summed E-state index contributed by atoms with van der Waals surface area (Å²) >= 11 is 0. The average molecular weight is 324 g/mol. The van der Waals surface area contributed by atoms with Gasteiger partial charge in [0.1, 0.15) is 0 Å². The summed E-state index contributed by atoms with van der Waals surface area (Å²) in [7, 11) is 0. The van der Waals surface area contributed by atoms with Gasteiger partial charge in [-0.3, -0.25) is 0 Å². The highest BCUT2D eigenvalue weighted by atomic mass is 16.6. The molecule has 1 atom stereocenters. The number of fused-ring (bicyclic) bond motifs is 1. The zero-order chi connectivity index (χ0) is 16.4. The molecular weight excluding hydrogens is 304 g/mol. The minimum absolute atomic E-state index is 0.112. The quantitative estimate of drug-likeness (QED) is 0.789. The molecule has 1 aliphatic rings. The largest absolute Gasteiger partial charge is 0.360 e. The van der Waals surface area contributed by atoms with E-state index in [1.54, 1.807) is 0 Å². The highest BCUT2D eigenvalue weighted by Gasteiger charge is 2.21. The molecule has 0 spiro atoms. The minimum Gasteiger partial charge on any atom is -0.360 e. The fraction of sp³-hybridized carbons (Fsp3) is 0.412. The van der Waals surface area contributed by atoms with Gasteiger partial charge in [-0.2, -0.15) is 0 Å². The Bertz CT molecular complexity index is 812. The third kappa shape index (κ3) is 2.89. The maximum Gasteiger partial charge on any atom is 0.245 e. The highest BCUT2D eigenvalue weighted by molar-refractivity contribution is 5.74. The molecule has 0 saturated carbocycles. The molecule has 7 nitrogen and oxygen atoms in total. The summed E-state index contributed by atoms with van der Waals surface area (Å²) < 4.78 is 4.78. The molecule has 1 aliphatic heterocycles. The van der Waals surface area contributed by atoms with Crippen molar-refractivity contribution in [3.8, 4) is 0 Å². The lowest BCUT2D eigenvalue weighted by molar-refractivity contribution is 0.314. The number of anilines is 2. The molecule has 7 heteroatoms. The van der Waals surface area contributed by atoms with Crippen molar-refractivity contribution >= 4 is 22.9 Å². The molecule has 2 aromatic heterocycles. The van der Waals surface area contributed by atoms with Gasteiger partial charge in [-0.1, -0.05) is 30.3 Å². The van der Waals surface area contributed by atoms with E-state index in [1.165, 1.54) is 24.8 Å². The van der Waals surface area contributed by atoms with Crippen LogP contribution < -0.4 is 10.2 Å². The van der Waals surface area contributed by atoms with Gasteiger partial charge in [0.25, 0.3) is 0 Å². The lowest BCUT2D eigenvalue weighted by atomic mass is 10.1. The van der Waals surface area contributed by atoms with Crippen molar-refractivity contribution in [1.82, 2.24) is 20.3 Å². The summed E-state index contributed by atoms with van der Waals surface area (Å²) in [6, 6.07) is 10.4. The molecule has 3 aromatic rings. The molecule has 4 rings (SSSR count). The van der Waals surface area contributed by atoms with Gasteiger partial charge in [-0.05, 0) is 42.1 Å². The normalized spacial score (nSPS) is 16.3. The Hall–Kier alpha value is -2.70. The van der Waals surface area contributed by atoms with Crippen molar-refractivity contribution in [2.75, 3.05) is 23.3 Å². The first kappa shape index (κ1) is 14.9. The monoisotopic (exact) mass is 324 g/mol. The zero-order valence-electron chi connectivity index (χ0n) is 13.6. The fourth-order valence-electron chi connectivity index (χ4n) is 3.08. The highest BCUT2D eigenvalue weighted by Crippen LogP contribution is 2.29. The number of piperidine rings is 1. The van der Waals surface area contributed by atoms with Gasteiger partial charge in [0.2, 0.25) is 11.3 Å². The molecule has 0 amide bonds. The first-order chi connectivity index (χ1) is 11.8. The maximum atomic E-state index is 4.78. The van der Waals surface area contributed by atoms with Crippen LogP contribution in [0.15, 0.2) is 35.0 Å². The number of rotatable bonds is 4. The van der Waals surface area contributed by atoms with Crippen LogP contribution in [0.3, 0.4) is 0 Å². The first-order valence-corrected chi connectivity index (χ1v) is 8.38. The van der Waals surface area contributed by atoms with Crippen LogP contribution in [-0.2, 0) is 0 Å². The van der Waals surface area contributed by atoms with Gasteiger partial charge in [0, 0.05) is 13.1 Å². The van der Waals surface area contributed by atoms with Crippen LogP contribution in [0.25, 0.3) is 11.3 Å². The van der Waals surface area contributed by atoms with Crippen molar-refractivity contribution < 1.29 is 4.63 Å². The number of benzene rings is 1. The molecular formula is C17H20N6O. The Balaban J connectivity index is 1.69. The Labute approximate surface area is 140 Å². The molecule has 0 radical (unpaired) electrons. The molecule has 3 heterocycles. The van der Waals surface area contributed by atoms with E-state index in [0.29, 0.717) is 11.3 Å². The van der Waals surface area contributed by atoms with Crippen LogP contribution in [0.1, 0.15) is 37.8 Å². The van der Waals surface area contributed by atoms with Crippen LogP contribution >= 0.6 is 0 Å². The second-order valence-corrected chi connectivity index (χ2v) is 6.13. The van der Waals surface area contributed by atoms with Gasteiger partial charge in [-0.15, -0.1) is 0 Å². The lowest BCUT2D eigenvalue weighted by Crippen LogP contribution is -2.31. The summed E-state index contributed by atoms with van der Waals surface area (Å²) in [6.07, 6.45) is 3.61. The van der Waals surface area contributed by atoms with Crippen molar-refractivity contribution in [2.24, 2.45) is 0 Å². The van der Waals surface area contributed by atoms with Gasteiger partial charge < -0.3 is 10.2 Å². The predicted molar refractivity (Wildman–Crippen MR) is 91.9 cm³/mol. The van der Waals surface area contributed by atoms with E-state index in [0.717, 1.165) is 24.7 Å². The van der Waals surface area contributed by atoms with Gasteiger partial charge in [0.05, 0.1) is 6.04 Å². The molecule has 1 fully saturated rings. The van der Waals surface area contributed by atoms with Crippen molar-refractivity contribution in [3.05, 3.63) is 35.9 Å². The van der Waals surface area contributed by atoms with E-state index in [9.17, 15) is 0 Å². The molecule has 1 unspecified atom stereocenters. The Morgan fingerprint density at radius 3 is 2.46 bits per heavy atom. The number of nitrogens with zero attached hydrogens (tertiary/aromatic N) is 5.